The molecule has 5 heterocycles. The smallest absolute Gasteiger partial charge is 0.258 e. The maximum absolute atomic E-state index is 5.97. The number of aryl methyl sites for hydroxylation is 2. The van der Waals surface area contributed by atoms with E-state index >= 15 is 0 Å². The number of hydrogen-bond acceptors (Lipinski definition) is 7. The quantitative estimate of drug-likeness (QED) is 0.297. The Morgan fingerprint density at radius 1 is 0.519 bits per heavy atom. The van der Waals surface area contributed by atoms with Crippen LogP contribution in [0.3, 0.4) is 0 Å². The minimum Gasteiger partial charge on any atom is -0.414 e. The lowest BCUT2D eigenvalue weighted by atomic mass is 10.3. The van der Waals surface area contributed by atoms with Gasteiger partial charge >= 0.3 is 0 Å². The van der Waals surface area contributed by atoms with Gasteiger partial charge in [-0.05, 0) is 62.4 Å². The second-order valence-electron chi connectivity index (χ2n) is 6.06. The third-order valence-electron chi connectivity index (χ3n) is 4.02. The molecule has 0 unspecified atom stereocenters. The highest BCUT2D eigenvalue weighted by Crippen LogP contribution is 2.40. The van der Waals surface area contributed by atoms with Gasteiger partial charge < -0.3 is 4.42 Å². The van der Waals surface area contributed by atoms with E-state index in [9.17, 15) is 0 Å². The van der Waals surface area contributed by atoms with Crippen LogP contribution in [0, 0.1) is 13.8 Å². The Labute approximate surface area is 172 Å². The van der Waals surface area contributed by atoms with Crippen molar-refractivity contribution in [2.24, 2.45) is 0 Å². The van der Waals surface area contributed by atoms with Crippen LogP contribution in [-0.4, -0.2) is 10.2 Å². The summed E-state index contributed by atoms with van der Waals surface area (Å²) in [5.41, 5.74) is 0. The van der Waals surface area contributed by atoms with Crippen LogP contribution in [-0.2, 0) is 0 Å². The van der Waals surface area contributed by atoms with Crippen molar-refractivity contribution in [2.75, 3.05) is 0 Å². The summed E-state index contributed by atoms with van der Waals surface area (Å²) in [5, 5.41) is 8.54. The van der Waals surface area contributed by atoms with Crippen LogP contribution in [0.2, 0.25) is 0 Å². The van der Waals surface area contributed by atoms with Gasteiger partial charge in [-0.3, -0.25) is 0 Å². The van der Waals surface area contributed by atoms with E-state index in [1.54, 1.807) is 45.3 Å². The maximum atomic E-state index is 5.97. The number of thiophene rings is 4. The molecule has 0 amide bonds. The zero-order chi connectivity index (χ0) is 18.4. The molecular weight excluding hydrogens is 413 g/mol. The predicted octanol–water partition coefficient (Wildman–Crippen LogP) is 7.60. The van der Waals surface area contributed by atoms with Crippen molar-refractivity contribution < 1.29 is 4.42 Å². The van der Waals surface area contributed by atoms with Gasteiger partial charge in [-0.1, -0.05) is 0 Å². The molecule has 0 radical (unpaired) electrons. The lowest BCUT2D eigenvalue weighted by Gasteiger charge is -1.90. The van der Waals surface area contributed by atoms with Gasteiger partial charge in [0.15, 0.2) is 0 Å². The lowest BCUT2D eigenvalue weighted by Crippen LogP contribution is -1.71. The van der Waals surface area contributed by atoms with Gasteiger partial charge in [-0.25, -0.2) is 0 Å². The predicted molar refractivity (Wildman–Crippen MR) is 117 cm³/mol. The lowest BCUT2D eigenvalue weighted by molar-refractivity contribution is 0.587. The molecule has 27 heavy (non-hydrogen) atoms. The van der Waals surface area contributed by atoms with Crippen LogP contribution >= 0.6 is 45.3 Å². The molecule has 0 aliphatic carbocycles. The van der Waals surface area contributed by atoms with Gasteiger partial charge in [0.25, 0.3) is 11.8 Å². The first-order chi connectivity index (χ1) is 13.2. The fourth-order valence-corrected chi connectivity index (χ4v) is 6.50. The minimum atomic E-state index is 0.580. The van der Waals surface area contributed by atoms with Crippen molar-refractivity contribution in [3.8, 4) is 41.0 Å². The molecule has 5 aromatic rings. The highest BCUT2D eigenvalue weighted by atomic mass is 32.1. The second kappa shape index (κ2) is 6.83. The molecule has 7 heteroatoms. The molecule has 0 atom stereocenters. The monoisotopic (exact) mass is 426 g/mol. The van der Waals surface area contributed by atoms with Gasteiger partial charge in [0.05, 0.1) is 9.75 Å². The standard InChI is InChI=1S/C20H14N2OS4/c1-11-3-5-13(24-11)15-7-9-17(26-15)19-21-22-20(23-19)18-10-8-16(27-18)14-6-4-12(2)25-14/h3-10H,1-2H3. The molecule has 134 valence electrons. The number of aromatic nitrogens is 2. The van der Waals surface area contributed by atoms with Crippen LogP contribution in [0.4, 0.5) is 0 Å². The van der Waals surface area contributed by atoms with Gasteiger partial charge in [-0.15, -0.1) is 55.5 Å². The molecule has 0 fully saturated rings. The van der Waals surface area contributed by atoms with Gasteiger partial charge in [-0.2, -0.15) is 0 Å². The first-order valence-electron chi connectivity index (χ1n) is 8.33. The first kappa shape index (κ1) is 17.1. The topological polar surface area (TPSA) is 38.9 Å². The van der Waals surface area contributed by atoms with E-state index < -0.39 is 0 Å². The van der Waals surface area contributed by atoms with Crippen molar-refractivity contribution in [3.63, 3.8) is 0 Å². The summed E-state index contributed by atoms with van der Waals surface area (Å²) in [7, 11) is 0. The molecule has 0 saturated heterocycles. The Balaban J connectivity index is 1.42. The average molecular weight is 427 g/mol. The van der Waals surface area contributed by atoms with Gasteiger partial charge in [0.1, 0.15) is 0 Å². The SMILES string of the molecule is Cc1ccc(-c2ccc(-c3nnc(-c4ccc(-c5ccc(C)s5)s4)o3)s2)s1. The van der Waals surface area contributed by atoms with Crippen molar-refractivity contribution in [1.29, 1.82) is 0 Å². The molecular formula is C20H14N2OS4. The molecule has 0 saturated carbocycles. The summed E-state index contributed by atoms with van der Waals surface area (Å²) in [6, 6.07) is 17.0. The summed E-state index contributed by atoms with van der Waals surface area (Å²) in [6.07, 6.45) is 0. The Bertz CT molecular complexity index is 1130. The molecule has 0 aliphatic heterocycles. The summed E-state index contributed by atoms with van der Waals surface area (Å²) in [5.74, 6) is 1.16. The number of nitrogens with zero attached hydrogens (tertiary/aromatic N) is 2. The van der Waals surface area contributed by atoms with E-state index in [1.165, 1.54) is 29.3 Å². The summed E-state index contributed by atoms with van der Waals surface area (Å²) in [6.45, 7) is 4.25. The highest BCUT2D eigenvalue weighted by Gasteiger charge is 2.16. The zero-order valence-corrected chi connectivity index (χ0v) is 17.8. The third-order valence-corrected chi connectivity index (χ3v) is 8.56. The Morgan fingerprint density at radius 2 is 0.889 bits per heavy atom. The van der Waals surface area contributed by atoms with E-state index in [1.807, 2.05) is 0 Å². The normalized spacial score (nSPS) is 11.3. The summed E-state index contributed by atoms with van der Waals surface area (Å²) < 4.78 is 5.97. The summed E-state index contributed by atoms with van der Waals surface area (Å²) in [4.78, 5) is 9.64. The highest BCUT2D eigenvalue weighted by molar-refractivity contribution is 7.24. The molecule has 0 aromatic carbocycles. The van der Waals surface area contributed by atoms with Crippen LogP contribution in [0.25, 0.3) is 41.0 Å². The third kappa shape index (κ3) is 3.32. The van der Waals surface area contributed by atoms with Crippen molar-refractivity contribution >= 4 is 45.3 Å². The van der Waals surface area contributed by atoms with Crippen LogP contribution < -0.4 is 0 Å². The van der Waals surface area contributed by atoms with E-state index in [0.29, 0.717) is 11.8 Å². The van der Waals surface area contributed by atoms with Crippen molar-refractivity contribution in [3.05, 3.63) is 58.3 Å². The van der Waals surface area contributed by atoms with Crippen molar-refractivity contribution in [1.82, 2.24) is 10.2 Å². The minimum absolute atomic E-state index is 0.580. The van der Waals surface area contributed by atoms with Crippen LogP contribution in [0.15, 0.2) is 52.9 Å². The molecule has 3 nitrogen and oxygen atoms in total. The van der Waals surface area contributed by atoms with E-state index in [-0.39, 0.29) is 0 Å². The van der Waals surface area contributed by atoms with Crippen LogP contribution in [0.1, 0.15) is 9.75 Å². The largest absolute Gasteiger partial charge is 0.414 e. The van der Waals surface area contributed by atoms with E-state index in [4.69, 9.17) is 4.42 Å². The average Bonchev–Trinajstić information content (AvgIpc) is 3.44. The Kier molecular flexibility index (Phi) is 4.32. The zero-order valence-electron chi connectivity index (χ0n) is 14.6. The molecule has 5 rings (SSSR count). The molecule has 0 N–H and O–H groups in total. The molecule has 0 spiro atoms. The summed E-state index contributed by atoms with van der Waals surface area (Å²) >= 11 is 6.97. The number of rotatable bonds is 4. The van der Waals surface area contributed by atoms with Gasteiger partial charge in [0, 0.05) is 29.3 Å². The van der Waals surface area contributed by atoms with Crippen LogP contribution in [0.5, 0.6) is 0 Å². The Morgan fingerprint density at radius 3 is 1.30 bits per heavy atom. The molecule has 5 aromatic heterocycles. The Hall–Kier alpha value is -2.06. The van der Waals surface area contributed by atoms with Gasteiger partial charge in [0.2, 0.25) is 0 Å². The van der Waals surface area contributed by atoms with E-state index in [0.717, 1.165) is 9.75 Å². The molecule has 0 bridgehead atoms. The number of hydrogen-bond donors (Lipinski definition) is 0. The fraction of sp³-hybridized carbons (Fsp3) is 0.100. The first-order valence-corrected chi connectivity index (χ1v) is 11.6. The second-order valence-corrected chi connectivity index (χ2v) is 10.8. The maximum Gasteiger partial charge on any atom is 0.258 e. The van der Waals surface area contributed by atoms with E-state index in [2.05, 4.69) is 72.6 Å². The fourth-order valence-electron chi connectivity index (χ4n) is 2.73. The van der Waals surface area contributed by atoms with Crippen molar-refractivity contribution in [2.45, 2.75) is 13.8 Å². The molecule has 0 aliphatic rings.